The molecule has 0 radical (unpaired) electrons. The molecule has 0 aliphatic carbocycles. The van der Waals surface area contributed by atoms with Crippen molar-refractivity contribution in [2.75, 3.05) is 11.4 Å². The molecule has 3 rings (SSSR count). The maximum Gasteiger partial charge on any atom is 0.121 e. The number of benzene rings is 1. The molecule has 0 bridgehead atoms. The molecular weight excluding hydrogens is 208 g/mol. The van der Waals surface area contributed by atoms with Crippen LogP contribution in [0.15, 0.2) is 48.7 Å². The number of hydrogen-bond donors (Lipinski definition) is 0. The molecule has 0 N–H and O–H groups in total. The van der Waals surface area contributed by atoms with Crippen molar-refractivity contribution in [3.63, 3.8) is 0 Å². The molecule has 2 aliphatic heterocycles. The summed E-state index contributed by atoms with van der Waals surface area (Å²) < 4.78 is 0. The highest BCUT2D eigenvalue weighted by Gasteiger charge is 2.35. The van der Waals surface area contributed by atoms with E-state index in [-0.39, 0.29) is 0 Å². The maximum absolute atomic E-state index is 2.51. The van der Waals surface area contributed by atoms with Gasteiger partial charge in [0.15, 0.2) is 0 Å². The number of anilines is 1. The third-order valence-corrected chi connectivity index (χ3v) is 3.64. The van der Waals surface area contributed by atoms with Crippen molar-refractivity contribution in [2.45, 2.75) is 26.1 Å². The monoisotopic (exact) mass is 226 g/mol. The molecule has 2 atom stereocenters. The van der Waals surface area contributed by atoms with Gasteiger partial charge in [-0.2, -0.15) is 0 Å². The Morgan fingerprint density at radius 3 is 2.82 bits per heavy atom. The Bertz CT molecular complexity index is 476. The largest absolute Gasteiger partial charge is 0.352 e. The van der Waals surface area contributed by atoms with E-state index in [4.69, 9.17) is 0 Å². The van der Waals surface area contributed by atoms with Gasteiger partial charge in [0.2, 0.25) is 0 Å². The van der Waals surface area contributed by atoms with Crippen molar-refractivity contribution < 1.29 is 0 Å². The van der Waals surface area contributed by atoms with Gasteiger partial charge in [-0.05, 0) is 37.6 Å². The molecule has 1 aromatic rings. The summed E-state index contributed by atoms with van der Waals surface area (Å²) in [6.45, 7) is 5.58. The van der Waals surface area contributed by atoms with E-state index in [2.05, 4.69) is 72.3 Å². The third-order valence-electron chi connectivity index (χ3n) is 3.64. The van der Waals surface area contributed by atoms with E-state index < -0.39 is 0 Å². The van der Waals surface area contributed by atoms with Gasteiger partial charge in [-0.25, -0.2) is 0 Å². The van der Waals surface area contributed by atoms with Crippen molar-refractivity contribution in [1.29, 1.82) is 0 Å². The van der Waals surface area contributed by atoms with E-state index in [1.165, 1.54) is 11.3 Å². The topological polar surface area (TPSA) is 6.48 Å². The summed E-state index contributed by atoms with van der Waals surface area (Å²) in [4.78, 5) is 4.91. The summed E-state index contributed by atoms with van der Waals surface area (Å²) >= 11 is 0. The average molecular weight is 226 g/mol. The second-order valence-corrected chi connectivity index (χ2v) is 4.88. The van der Waals surface area contributed by atoms with Gasteiger partial charge >= 0.3 is 0 Å². The molecule has 1 fully saturated rings. The van der Waals surface area contributed by atoms with Crippen LogP contribution in [0.3, 0.4) is 0 Å². The van der Waals surface area contributed by atoms with E-state index in [1.807, 2.05) is 0 Å². The number of hydrogen-bond acceptors (Lipinski definition) is 2. The first-order chi connectivity index (χ1) is 8.27. The Morgan fingerprint density at radius 2 is 2.00 bits per heavy atom. The molecule has 1 unspecified atom stereocenters. The summed E-state index contributed by atoms with van der Waals surface area (Å²) in [5.41, 5.74) is 2.71. The van der Waals surface area contributed by atoms with Gasteiger partial charge in [-0.3, -0.25) is 0 Å². The first-order valence-electron chi connectivity index (χ1n) is 6.22. The number of rotatable bonds is 1. The summed E-state index contributed by atoms with van der Waals surface area (Å²) in [6.07, 6.45) is 9.11. The number of fused-ring (bicyclic) bond motifs is 1. The Labute approximate surface area is 103 Å². The minimum Gasteiger partial charge on any atom is -0.352 e. The minimum atomic E-state index is 0.385. The molecule has 2 heterocycles. The van der Waals surface area contributed by atoms with Gasteiger partial charge in [-0.1, -0.05) is 24.3 Å². The summed E-state index contributed by atoms with van der Waals surface area (Å²) in [5.74, 6) is 0. The molecular formula is C15H18N2. The Kier molecular flexibility index (Phi) is 2.43. The second kappa shape index (κ2) is 3.95. The number of para-hydroxylation sites is 1. The average Bonchev–Trinajstić information content (AvgIpc) is 2.66. The van der Waals surface area contributed by atoms with E-state index in [0.29, 0.717) is 12.2 Å². The first-order valence-corrected chi connectivity index (χ1v) is 6.22. The summed E-state index contributed by atoms with van der Waals surface area (Å²) in [5, 5.41) is 0. The van der Waals surface area contributed by atoms with Gasteiger partial charge in [0.05, 0.1) is 0 Å². The summed E-state index contributed by atoms with van der Waals surface area (Å²) in [7, 11) is 0. The highest BCUT2D eigenvalue weighted by Crippen LogP contribution is 2.32. The standard InChI is InChI=1S/C15H18N2/c1-12-7-3-4-8-14(12)17-13(2)11-16-10-6-5-9-15(16)17/h3-10,13,15H,11H2,1-2H3/t13-,15?/m0/s1. The van der Waals surface area contributed by atoms with Gasteiger partial charge in [-0.15, -0.1) is 0 Å². The molecule has 17 heavy (non-hydrogen) atoms. The Morgan fingerprint density at radius 1 is 1.18 bits per heavy atom. The zero-order valence-corrected chi connectivity index (χ0v) is 10.4. The molecule has 2 heteroatoms. The summed E-state index contributed by atoms with van der Waals surface area (Å²) in [6, 6.07) is 9.19. The van der Waals surface area contributed by atoms with Crippen LogP contribution in [0.5, 0.6) is 0 Å². The molecule has 88 valence electrons. The Hall–Kier alpha value is -1.70. The minimum absolute atomic E-state index is 0.385. The second-order valence-electron chi connectivity index (χ2n) is 4.88. The first kappa shape index (κ1) is 10.5. The molecule has 0 saturated carbocycles. The van der Waals surface area contributed by atoms with Crippen molar-refractivity contribution in [3.05, 3.63) is 54.3 Å². The number of aryl methyl sites for hydroxylation is 1. The van der Waals surface area contributed by atoms with Gasteiger partial charge in [0.1, 0.15) is 6.17 Å². The molecule has 1 aromatic carbocycles. The molecule has 0 amide bonds. The van der Waals surface area contributed by atoms with Crippen LogP contribution in [0.4, 0.5) is 5.69 Å². The highest BCUT2D eigenvalue weighted by molar-refractivity contribution is 5.56. The fourth-order valence-electron chi connectivity index (χ4n) is 2.83. The number of nitrogens with zero attached hydrogens (tertiary/aromatic N) is 2. The molecule has 2 nitrogen and oxygen atoms in total. The van der Waals surface area contributed by atoms with Gasteiger partial charge < -0.3 is 9.80 Å². The number of allylic oxidation sites excluding steroid dienone is 2. The highest BCUT2D eigenvalue weighted by atomic mass is 15.4. The lowest BCUT2D eigenvalue weighted by Gasteiger charge is -2.32. The van der Waals surface area contributed by atoms with Crippen LogP contribution in [0.2, 0.25) is 0 Å². The fourth-order valence-corrected chi connectivity index (χ4v) is 2.83. The van der Waals surface area contributed by atoms with Gasteiger partial charge in [0.25, 0.3) is 0 Å². The molecule has 1 saturated heterocycles. The predicted octanol–water partition coefficient (Wildman–Crippen LogP) is 2.92. The van der Waals surface area contributed by atoms with Crippen molar-refractivity contribution >= 4 is 5.69 Å². The Balaban J connectivity index is 2.00. The van der Waals surface area contributed by atoms with E-state index in [1.54, 1.807) is 0 Å². The predicted molar refractivity (Wildman–Crippen MR) is 71.9 cm³/mol. The lowest BCUT2D eigenvalue weighted by Crippen LogP contribution is -2.38. The third kappa shape index (κ3) is 1.64. The van der Waals surface area contributed by atoms with E-state index >= 15 is 0 Å². The van der Waals surface area contributed by atoms with Crippen LogP contribution in [0.25, 0.3) is 0 Å². The smallest absolute Gasteiger partial charge is 0.121 e. The maximum atomic E-state index is 2.51. The van der Waals surface area contributed by atoms with E-state index in [0.717, 1.165) is 6.54 Å². The quantitative estimate of drug-likeness (QED) is 0.726. The van der Waals surface area contributed by atoms with Crippen LogP contribution >= 0.6 is 0 Å². The van der Waals surface area contributed by atoms with Gasteiger partial charge in [0, 0.05) is 24.5 Å². The van der Waals surface area contributed by atoms with Crippen LogP contribution in [-0.2, 0) is 0 Å². The lowest BCUT2D eigenvalue weighted by atomic mass is 10.1. The fraction of sp³-hybridized carbons (Fsp3) is 0.333. The molecule has 0 aromatic heterocycles. The zero-order valence-electron chi connectivity index (χ0n) is 10.4. The van der Waals surface area contributed by atoms with Crippen LogP contribution in [0.1, 0.15) is 12.5 Å². The van der Waals surface area contributed by atoms with Crippen molar-refractivity contribution in [2.24, 2.45) is 0 Å². The van der Waals surface area contributed by atoms with E-state index in [9.17, 15) is 0 Å². The lowest BCUT2D eigenvalue weighted by molar-refractivity contribution is 0.395. The molecule has 2 aliphatic rings. The van der Waals surface area contributed by atoms with Crippen LogP contribution in [0, 0.1) is 6.92 Å². The van der Waals surface area contributed by atoms with Crippen LogP contribution in [-0.4, -0.2) is 23.7 Å². The van der Waals surface area contributed by atoms with Crippen molar-refractivity contribution in [1.82, 2.24) is 4.90 Å². The van der Waals surface area contributed by atoms with Crippen molar-refractivity contribution in [3.8, 4) is 0 Å². The molecule has 0 spiro atoms. The SMILES string of the molecule is Cc1ccccc1N1C2C=CC=CN2C[C@@H]1C. The normalized spacial score (nSPS) is 26.5. The van der Waals surface area contributed by atoms with Crippen LogP contribution < -0.4 is 4.90 Å². The zero-order chi connectivity index (χ0) is 11.8.